The minimum absolute atomic E-state index is 0.265. The lowest BCUT2D eigenvalue weighted by Gasteiger charge is -2.10. The van der Waals surface area contributed by atoms with E-state index in [2.05, 4.69) is 0 Å². The molecule has 2 N–H and O–H groups in total. The maximum Gasteiger partial charge on any atom is 0.123 e. The summed E-state index contributed by atoms with van der Waals surface area (Å²) in [6.45, 7) is 1.54. The van der Waals surface area contributed by atoms with Crippen molar-refractivity contribution in [2.45, 2.75) is 13.0 Å². The first kappa shape index (κ1) is 14.3. The molecule has 0 heterocycles. The van der Waals surface area contributed by atoms with Crippen LogP contribution in [0.25, 0.3) is 0 Å². The second-order valence-corrected chi connectivity index (χ2v) is 4.32. The normalized spacial score (nSPS) is 10.3. The van der Waals surface area contributed by atoms with Gasteiger partial charge in [0.2, 0.25) is 0 Å². The second kappa shape index (κ2) is 7.50. The van der Waals surface area contributed by atoms with E-state index in [-0.39, 0.29) is 5.82 Å². The Morgan fingerprint density at radius 2 is 1.60 bits per heavy atom. The van der Waals surface area contributed by atoms with Crippen molar-refractivity contribution in [3.63, 3.8) is 0 Å². The predicted octanol–water partition coefficient (Wildman–Crippen LogP) is 3.13. The SMILES string of the molecule is NCc1ccccc1OCCCOc1ccc(F)cc1. The van der Waals surface area contributed by atoms with Gasteiger partial charge in [-0.25, -0.2) is 4.39 Å². The number of benzene rings is 2. The fraction of sp³-hybridized carbons (Fsp3) is 0.250. The Morgan fingerprint density at radius 3 is 2.35 bits per heavy atom. The maximum atomic E-state index is 12.7. The first-order chi connectivity index (χ1) is 9.79. The van der Waals surface area contributed by atoms with Crippen LogP contribution in [0.15, 0.2) is 48.5 Å². The number of hydrogen-bond donors (Lipinski definition) is 1. The molecule has 0 spiro atoms. The van der Waals surface area contributed by atoms with Crippen LogP contribution < -0.4 is 15.2 Å². The van der Waals surface area contributed by atoms with Gasteiger partial charge in [0.15, 0.2) is 0 Å². The van der Waals surface area contributed by atoms with E-state index in [1.54, 1.807) is 12.1 Å². The van der Waals surface area contributed by atoms with E-state index >= 15 is 0 Å². The molecule has 2 aromatic rings. The van der Waals surface area contributed by atoms with Crippen molar-refractivity contribution in [1.82, 2.24) is 0 Å². The van der Waals surface area contributed by atoms with Crippen LogP contribution in [0.2, 0.25) is 0 Å². The van der Waals surface area contributed by atoms with Crippen LogP contribution in [0.4, 0.5) is 4.39 Å². The summed E-state index contributed by atoms with van der Waals surface area (Å²) in [4.78, 5) is 0. The topological polar surface area (TPSA) is 44.5 Å². The zero-order chi connectivity index (χ0) is 14.2. The highest BCUT2D eigenvalue weighted by molar-refractivity contribution is 5.32. The first-order valence-electron chi connectivity index (χ1n) is 6.59. The molecule has 0 unspecified atom stereocenters. The molecule has 0 atom stereocenters. The molecule has 0 fully saturated rings. The molecule has 20 heavy (non-hydrogen) atoms. The molecule has 0 aliphatic heterocycles. The van der Waals surface area contributed by atoms with Gasteiger partial charge in [0, 0.05) is 18.5 Å². The quantitative estimate of drug-likeness (QED) is 0.790. The lowest BCUT2D eigenvalue weighted by molar-refractivity contribution is 0.246. The summed E-state index contributed by atoms with van der Waals surface area (Å²) in [5, 5.41) is 0. The van der Waals surface area contributed by atoms with Gasteiger partial charge in [0.25, 0.3) is 0 Å². The zero-order valence-electron chi connectivity index (χ0n) is 11.2. The fourth-order valence-corrected chi connectivity index (χ4v) is 1.78. The summed E-state index contributed by atoms with van der Waals surface area (Å²) >= 11 is 0. The van der Waals surface area contributed by atoms with Crippen LogP contribution in [-0.4, -0.2) is 13.2 Å². The highest BCUT2D eigenvalue weighted by Crippen LogP contribution is 2.17. The molecule has 0 aromatic heterocycles. The van der Waals surface area contributed by atoms with E-state index in [4.69, 9.17) is 15.2 Å². The van der Waals surface area contributed by atoms with E-state index < -0.39 is 0 Å². The summed E-state index contributed by atoms with van der Waals surface area (Å²) in [6.07, 6.45) is 0.746. The average Bonchev–Trinajstić information content (AvgIpc) is 2.49. The molecule has 0 aliphatic carbocycles. The molecule has 0 aliphatic rings. The Kier molecular flexibility index (Phi) is 5.38. The molecule has 0 amide bonds. The van der Waals surface area contributed by atoms with Crippen molar-refractivity contribution < 1.29 is 13.9 Å². The third kappa shape index (κ3) is 4.24. The van der Waals surface area contributed by atoms with Gasteiger partial charge in [-0.15, -0.1) is 0 Å². The van der Waals surface area contributed by atoms with Crippen LogP contribution in [0.1, 0.15) is 12.0 Å². The molecule has 3 nitrogen and oxygen atoms in total. The number of nitrogens with two attached hydrogens (primary N) is 1. The van der Waals surface area contributed by atoms with Crippen LogP contribution in [-0.2, 0) is 6.54 Å². The van der Waals surface area contributed by atoms with Crippen molar-refractivity contribution in [2.24, 2.45) is 5.73 Å². The van der Waals surface area contributed by atoms with E-state index in [1.165, 1.54) is 12.1 Å². The Hall–Kier alpha value is -2.07. The highest BCUT2D eigenvalue weighted by Gasteiger charge is 2.00. The van der Waals surface area contributed by atoms with E-state index in [9.17, 15) is 4.39 Å². The van der Waals surface area contributed by atoms with Gasteiger partial charge in [-0.2, -0.15) is 0 Å². The van der Waals surface area contributed by atoms with Crippen LogP contribution in [0.5, 0.6) is 11.5 Å². The fourth-order valence-electron chi connectivity index (χ4n) is 1.78. The lowest BCUT2D eigenvalue weighted by atomic mass is 10.2. The average molecular weight is 275 g/mol. The van der Waals surface area contributed by atoms with Crippen molar-refractivity contribution in [2.75, 3.05) is 13.2 Å². The van der Waals surface area contributed by atoms with Crippen LogP contribution in [0.3, 0.4) is 0 Å². The highest BCUT2D eigenvalue weighted by atomic mass is 19.1. The number of ether oxygens (including phenoxy) is 2. The molecule has 4 heteroatoms. The molecule has 0 radical (unpaired) electrons. The minimum atomic E-state index is -0.265. The van der Waals surface area contributed by atoms with Gasteiger partial charge in [0.1, 0.15) is 17.3 Å². The second-order valence-electron chi connectivity index (χ2n) is 4.32. The molecule has 0 saturated carbocycles. The Labute approximate surface area is 118 Å². The van der Waals surface area contributed by atoms with E-state index in [1.807, 2.05) is 24.3 Å². The van der Waals surface area contributed by atoms with Gasteiger partial charge in [-0.1, -0.05) is 18.2 Å². The largest absolute Gasteiger partial charge is 0.493 e. The lowest BCUT2D eigenvalue weighted by Crippen LogP contribution is -2.07. The van der Waals surface area contributed by atoms with Crippen molar-refractivity contribution in [3.05, 3.63) is 59.9 Å². The van der Waals surface area contributed by atoms with Crippen molar-refractivity contribution in [1.29, 1.82) is 0 Å². The van der Waals surface area contributed by atoms with Gasteiger partial charge in [-0.3, -0.25) is 0 Å². The molecule has 2 aromatic carbocycles. The Balaban J connectivity index is 1.70. The summed E-state index contributed by atoms with van der Waals surface area (Å²) in [5.41, 5.74) is 6.63. The van der Waals surface area contributed by atoms with Crippen molar-refractivity contribution >= 4 is 0 Å². The van der Waals surface area contributed by atoms with Crippen LogP contribution in [0, 0.1) is 5.82 Å². The smallest absolute Gasteiger partial charge is 0.123 e. The van der Waals surface area contributed by atoms with Crippen LogP contribution >= 0.6 is 0 Å². The molecule has 0 bridgehead atoms. The van der Waals surface area contributed by atoms with E-state index in [0.717, 1.165) is 17.7 Å². The number of para-hydroxylation sites is 1. The van der Waals surface area contributed by atoms with Gasteiger partial charge in [0.05, 0.1) is 13.2 Å². The molecule has 106 valence electrons. The van der Waals surface area contributed by atoms with Gasteiger partial charge < -0.3 is 15.2 Å². The Bertz CT molecular complexity index is 528. The summed E-state index contributed by atoms with van der Waals surface area (Å²) in [5.74, 6) is 1.21. The minimum Gasteiger partial charge on any atom is -0.493 e. The monoisotopic (exact) mass is 275 g/mol. The number of rotatable bonds is 7. The summed E-state index contributed by atoms with van der Waals surface area (Å²) in [6, 6.07) is 13.7. The molecular weight excluding hydrogens is 257 g/mol. The zero-order valence-corrected chi connectivity index (χ0v) is 11.2. The number of halogens is 1. The molecule has 2 rings (SSSR count). The third-order valence-corrected chi connectivity index (χ3v) is 2.82. The number of hydrogen-bond acceptors (Lipinski definition) is 3. The van der Waals surface area contributed by atoms with Gasteiger partial charge >= 0.3 is 0 Å². The molecular formula is C16H18FNO2. The first-order valence-corrected chi connectivity index (χ1v) is 6.59. The molecule has 0 saturated heterocycles. The van der Waals surface area contributed by atoms with E-state index in [0.29, 0.717) is 25.5 Å². The van der Waals surface area contributed by atoms with Gasteiger partial charge in [-0.05, 0) is 30.3 Å². The van der Waals surface area contributed by atoms with Crippen molar-refractivity contribution in [3.8, 4) is 11.5 Å². The summed E-state index contributed by atoms with van der Waals surface area (Å²) in [7, 11) is 0. The summed E-state index contributed by atoms with van der Waals surface area (Å²) < 4.78 is 23.9. The maximum absolute atomic E-state index is 12.7. The standard InChI is InChI=1S/C16H18FNO2/c17-14-6-8-15(9-7-14)19-10-3-11-20-16-5-2-1-4-13(16)12-18/h1-2,4-9H,3,10-12,18H2. The Morgan fingerprint density at radius 1 is 0.900 bits per heavy atom. The third-order valence-electron chi connectivity index (χ3n) is 2.82. The predicted molar refractivity (Wildman–Crippen MR) is 76.3 cm³/mol.